The molecule has 2 rings (SSSR count). The second-order valence-corrected chi connectivity index (χ2v) is 7.20. The summed E-state index contributed by atoms with van der Waals surface area (Å²) < 4.78 is 34.7. The number of carbonyl (C=O) groups is 1. The van der Waals surface area contributed by atoms with Gasteiger partial charge in [0.1, 0.15) is 12.1 Å². The minimum Gasteiger partial charge on any atom is -0.461 e. The molecule has 1 saturated carbocycles. The van der Waals surface area contributed by atoms with E-state index in [1.165, 1.54) is 31.4 Å². The van der Waals surface area contributed by atoms with Crippen molar-refractivity contribution in [1.29, 1.82) is 0 Å². The summed E-state index contributed by atoms with van der Waals surface area (Å²) >= 11 is 0. The van der Waals surface area contributed by atoms with Gasteiger partial charge < -0.3 is 10.5 Å². The smallest absolute Gasteiger partial charge is 0.322 e. The van der Waals surface area contributed by atoms with Gasteiger partial charge in [-0.3, -0.25) is 9.35 Å². The van der Waals surface area contributed by atoms with Crippen LogP contribution in [0, 0.1) is 6.92 Å². The Hall–Kier alpha value is -1.44. The maximum atomic E-state index is 11.1. The molecule has 6 nitrogen and oxygen atoms in total. The Labute approximate surface area is 137 Å². The molecular formula is C16H25NO5S. The zero-order valence-electron chi connectivity index (χ0n) is 13.6. The number of esters is 1. The van der Waals surface area contributed by atoms with E-state index in [2.05, 4.69) is 0 Å². The predicted molar refractivity (Wildman–Crippen MR) is 87.6 cm³/mol. The standard InChI is InChI=1S/C9H17NO2.C7H8O3S/c1-7(10)9(11)12-8-5-3-2-4-6-8;1-6-2-4-7(5-3-6)11(8,9)10/h7-8H,2-6,10H2,1H3;2-5H,1H3,(H,8,9,10)/t7-;/m1./s1. The summed E-state index contributed by atoms with van der Waals surface area (Å²) in [6.07, 6.45) is 5.79. The topological polar surface area (TPSA) is 107 Å². The van der Waals surface area contributed by atoms with Crippen molar-refractivity contribution in [2.45, 2.75) is 63.0 Å². The minimum absolute atomic E-state index is 0.0666. The summed E-state index contributed by atoms with van der Waals surface area (Å²) in [5.74, 6) is -0.262. The Morgan fingerprint density at radius 1 is 1.22 bits per heavy atom. The molecule has 0 saturated heterocycles. The fourth-order valence-electron chi connectivity index (χ4n) is 2.16. The number of hydrogen-bond donors (Lipinski definition) is 2. The van der Waals surface area contributed by atoms with Crippen molar-refractivity contribution in [3.63, 3.8) is 0 Å². The van der Waals surface area contributed by atoms with Crippen LogP contribution in [0.2, 0.25) is 0 Å². The van der Waals surface area contributed by atoms with Gasteiger partial charge >= 0.3 is 5.97 Å². The predicted octanol–water partition coefficient (Wildman–Crippen LogP) is 2.45. The lowest BCUT2D eigenvalue weighted by molar-refractivity contribution is -0.151. The van der Waals surface area contributed by atoms with Crippen molar-refractivity contribution in [1.82, 2.24) is 0 Å². The number of nitrogens with two attached hydrogens (primary N) is 1. The van der Waals surface area contributed by atoms with Crippen molar-refractivity contribution >= 4 is 16.1 Å². The van der Waals surface area contributed by atoms with Gasteiger partial charge in [0.25, 0.3) is 10.1 Å². The van der Waals surface area contributed by atoms with Crippen molar-refractivity contribution < 1.29 is 22.5 Å². The third-order valence-electron chi connectivity index (χ3n) is 3.53. The van der Waals surface area contributed by atoms with E-state index in [4.69, 9.17) is 15.0 Å². The number of carbonyl (C=O) groups excluding carboxylic acids is 1. The van der Waals surface area contributed by atoms with Crippen molar-refractivity contribution in [2.24, 2.45) is 5.73 Å². The molecule has 1 aromatic rings. The van der Waals surface area contributed by atoms with Gasteiger partial charge in [-0.25, -0.2) is 0 Å². The van der Waals surface area contributed by atoms with Crippen LogP contribution in [-0.2, 0) is 19.6 Å². The van der Waals surface area contributed by atoms with Crippen molar-refractivity contribution in [3.8, 4) is 0 Å². The zero-order chi connectivity index (χ0) is 17.5. The molecule has 23 heavy (non-hydrogen) atoms. The second kappa shape index (κ2) is 9.00. The van der Waals surface area contributed by atoms with Crippen molar-refractivity contribution in [2.75, 3.05) is 0 Å². The van der Waals surface area contributed by atoms with E-state index >= 15 is 0 Å². The molecule has 0 spiro atoms. The largest absolute Gasteiger partial charge is 0.461 e. The number of aryl methyl sites for hydroxylation is 1. The Morgan fingerprint density at radius 3 is 2.17 bits per heavy atom. The quantitative estimate of drug-likeness (QED) is 0.645. The van der Waals surface area contributed by atoms with Crippen LogP contribution in [0.5, 0.6) is 0 Å². The normalized spacial score (nSPS) is 16.9. The molecule has 1 atom stereocenters. The van der Waals surface area contributed by atoms with Gasteiger partial charge in [-0.15, -0.1) is 0 Å². The molecule has 0 amide bonds. The fraction of sp³-hybridized carbons (Fsp3) is 0.562. The molecule has 1 aliphatic rings. The summed E-state index contributed by atoms with van der Waals surface area (Å²) in [4.78, 5) is 11.0. The minimum atomic E-state index is -4.02. The van der Waals surface area contributed by atoms with Crippen LogP contribution >= 0.6 is 0 Å². The first kappa shape index (κ1) is 19.6. The van der Waals surface area contributed by atoms with Gasteiger partial charge in [-0.05, 0) is 51.7 Å². The summed E-state index contributed by atoms with van der Waals surface area (Å²) in [6.45, 7) is 3.50. The average Bonchev–Trinajstić information content (AvgIpc) is 2.48. The Bertz CT molecular complexity index is 589. The van der Waals surface area contributed by atoms with Crippen LogP contribution in [-0.4, -0.2) is 31.1 Å². The fourth-order valence-corrected chi connectivity index (χ4v) is 2.64. The molecule has 7 heteroatoms. The van der Waals surface area contributed by atoms with E-state index < -0.39 is 16.2 Å². The maximum Gasteiger partial charge on any atom is 0.322 e. The van der Waals surface area contributed by atoms with E-state index in [9.17, 15) is 13.2 Å². The van der Waals surface area contributed by atoms with E-state index in [0.717, 1.165) is 18.4 Å². The highest BCUT2D eigenvalue weighted by atomic mass is 32.2. The molecule has 0 aromatic heterocycles. The molecule has 0 radical (unpaired) electrons. The lowest BCUT2D eigenvalue weighted by Crippen LogP contribution is -2.32. The van der Waals surface area contributed by atoms with Gasteiger partial charge in [0, 0.05) is 0 Å². The molecule has 1 fully saturated rings. The summed E-state index contributed by atoms with van der Waals surface area (Å²) in [5.41, 5.74) is 6.33. The molecular weight excluding hydrogens is 318 g/mol. The van der Waals surface area contributed by atoms with Crippen LogP contribution < -0.4 is 5.73 Å². The highest BCUT2D eigenvalue weighted by Crippen LogP contribution is 2.20. The molecule has 0 bridgehead atoms. The first-order valence-electron chi connectivity index (χ1n) is 7.70. The van der Waals surface area contributed by atoms with E-state index in [1.807, 2.05) is 6.92 Å². The highest BCUT2D eigenvalue weighted by molar-refractivity contribution is 7.85. The van der Waals surface area contributed by atoms with Gasteiger partial charge in [-0.2, -0.15) is 8.42 Å². The van der Waals surface area contributed by atoms with Crippen LogP contribution in [0.3, 0.4) is 0 Å². The van der Waals surface area contributed by atoms with E-state index in [0.29, 0.717) is 0 Å². The van der Waals surface area contributed by atoms with Crippen LogP contribution in [0.1, 0.15) is 44.6 Å². The lowest BCUT2D eigenvalue weighted by atomic mass is 9.98. The third-order valence-corrected chi connectivity index (χ3v) is 4.39. The summed E-state index contributed by atoms with van der Waals surface area (Å²) in [6, 6.07) is 5.51. The Kier molecular flexibility index (Phi) is 7.67. The van der Waals surface area contributed by atoms with Crippen LogP contribution in [0.4, 0.5) is 0 Å². The second-order valence-electron chi connectivity index (χ2n) is 5.77. The highest BCUT2D eigenvalue weighted by Gasteiger charge is 2.19. The van der Waals surface area contributed by atoms with Crippen LogP contribution in [0.15, 0.2) is 29.2 Å². The molecule has 0 unspecified atom stereocenters. The van der Waals surface area contributed by atoms with Crippen LogP contribution in [0.25, 0.3) is 0 Å². The maximum absolute atomic E-state index is 11.1. The zero-order valence-corrected chi connectivity index (χ0v) is 14.4. The van der Waals surface area contributed by atoms with E-state index in [-0.39, 0.29) is 17.0 Å². The first-order valence-corrected chi connectivity index (χ1v) is 9.14. The van der Waals surface area contributed by atoms with E-state index in [1.54, 1.807) is 19.1 Å². The number of benzene rings is 1. The summed E-state index contributed by atoms with van der Waals surface area (Å²) in [5, 5.41) is 0. The van der Waals surface area contributed by atoms with Crippen molar-refractivity contribution in [3.05, 3.63) is 29.8 Å². The molecule has 0 heterocycles. The lowest BCUT2D eigenvalue weighted by Gasteiger charge is -2.22. The summed E-state index contributed by atoms with van der Waals surface area (Å²) in [7, 11) is -4.02. The number of rotatable bonds is 3. The molecule has 3 N–H and O–H groups in total. The molecule has 0 aliphatic heterocycles. The number of ether oxygens (including phenoxy) is 1. The van der Waals surface area contributed by atoms with Gasteiger partial charge in [0.15, 0.2) is 0 Å². The number of hydrogen-bond acceptors (Lipinski definition) is 5. The molecule has 1 aliphatic carbocycles. The molecule has 130 valence electrons. The van der Waals surface area contributed by atoms with Gasteiger partial charge in [0.05, 0.1) is 4.90 Å². The Balaban J connectivity index is 0.000000231. The Morgan fingerprint density at radius 2 is 1.74 bits per heavy atom. The SMILES string of the molecule is C[C@@H](N)C(=O)OC1CCCCC1.Cc1ccc(S(=O)(=O)O)cc1. The third kappa shape index (κ3) is 7.58. The van der Waals surface area contributed by atoms with Gasteiger partial charge in [0.2, 0.25) is 0 Å². The monoisotopic (exact) mass is 343 g/mol. The van der Waals surface area contributed by atoms with Gasteiger partial charge in [-0.1, -0.05) is 24.1 Å². The average molecular weight is 343 g/mol. The first-order chi connectivity index (χ1) is 10.7. The molecule has 1 aromatic carbocycles.